The molecule has 5 nitrogen and oxygen atoms in total. The maximum atomic E-state index is 13.4. The lowest BCUT2D eigenvalue weighted by Crippen LogP contribution is -2.45. The molecule has 2 aromatic rings. The van der Waals surface area contributed by atoms with Crippen molar-refractivity contribution < 1.29 is 18.4 Å². The van der Waals surface area contributed by atoms with Crippen LogP contribution >= 0.6 is 0 Å². The van der Waals surface area contributed by atoms with Crippen LogP contribution in [0.2, 0.25) is 0 Å². The van der Waals surface area contributed by atoms with Crippen molar-refractivity contribution in [1.29, 1.82) is 5.26 Å². The Kier molecular flexibility index (Phi) is 8.97. The Bertz CT molecular complexity index is 1050. The Labute approximate surface area is 206 Å². The van der Waals surface area contributed by atoms with Gasteiger partial charge in [0.15, 0.2) is 0 Å². The molecule has 186 valence electrons. The first-order valence-electron chi connectivity index (χ1n) is 12.3. The molecule has 35 heavy (non-hydrogen) atoms. The lowest BCUT2D eigenvalue weighted by molar-refractivity contribution is -0.138. The highest BCUT2D eigenvalue weighted by Gasteiger charge is 2.36. The normalized spacial score (nSPS) is 17.1. The maximum absolute atomic E-state index is 13.4. The highest BCUT2D eigenvalue weighted by atomic mass is 19.1. The van der Waals surface area contributed by atoms with E-state index in [-0.39, 0.29) is 24.3 Å². The topological polar surface area (TPSA) is 73.2 Å². The third-order valence-electron chi connectivity index (χ3n) is 6.95. The molecular formula is C28H33F2N3O2. The van der Waals surface area contributed by atoms with Gasteiger partial charge in [-0.3, -0.25) is 9.59 Å². The number of amides is 2. The van der Waals surface area contributed by atoms with Gasteiger partial charge >= 0.3 is 0 Å². The van der Waals surface area contributed by atoms with E-state index < -0.39 is 23.1 Å². The highest BCUT2D eigenvalue weighted by Crippen LogP contribution is 2.37. The molecule has 0 aromatic heterocycles. The molecule has 2 aromatic carbocycles. The second kappa shape index (κ2) is 11.9. The van der Waals surface area contributed by atoms with E-state index in [1.807, 2.05) is 44.2 Å². The molecule has 0 radical (unpaired) electrons. The summed E-state index contributed by atoms with van der Waals surface area (Å²) in [6, 6.07) is 14.9. The van der Waals surface area contributed by atoms with Crippen LogP contribution in [-0.2, 0) is 21.5 Å². The summed E-state index contributed by atoms with van der Waals surface area (Å²) in [5.74, 6) is -1.66. The number of rotatable bonds is 10. The third kappa shape index (κ3) is 6.45. The van der Waals surface area contributed by atoms with Crippen LogP contribution in [0.3, 0.4) is 0 Å². The molecule has 0 aliphatic carbocycles. The number of benzene rings is 2. The number of carbonyl (C=O) groups is 2. The van der Waals surface area contributed by atoms with Gasteiger partial charge in [0.2, 0.25) is 11.8 Å². The van der Waals surface area contributed by atoms with Crippen molar-refractivity contribution in [2.75, 3.05) is 6.54 Å². The van der Waals surface area contributed by atoms with E-state index in [0.717, 1.165) is 24.5 Å². The number of nitriles is 1. The first-order valence-corrected chi connectivity index (χ1v) is 12.3. The molecule has 2 amide bonds. The molecule has 1 aliphatic heterocycles. The summed E-state index contributed by atoms with van der Waals surface area (Å²) in [6.45, 7) is 4.61. The summed E-state index contributed by atoms with van der Waals surface area (Å²) in [7, 11) is 0. The largest absolute Gasteiger partial charge is 0.350 e. The Balaban J connectivity index is 1.52. The van der Waals surface area contributed by atoms with Crippen LogP contribution in [0, 0.1) is 28.9 Å². The minimum absolute atomic E-state index is 0.00300. The summed E-state index contributed by atoms with van der Waals surface area (Å²) < 4.78 is 26.8. The molecule has 1 saturated heterocycles. The number of likely N-dealkylation sites (tertiary alicyclic amines) is 1. The van der Waals surface area contributed by atoms with Gasteiger partial charge in [-0.2, -0.15) is 5.26 Å². The number of hydrogen-bond acceptors (Lipinski definition) is 3. The number of nitrogens with zero attached hydrogens (tertiary/aromatic N) is 2. The average molecular weight is 482 g/mol. The Morgan fingerprint density at radius 1 is 1.14 bits per heavy atom. The Hall–Kier alpha value is -3.27. The van der Waals surface area contributed by atoms with Crippen LogP contribution < -0.4 is 5.32 Å². The van der Waals surface area contributed by atoms with Crippen LogP contribution in [0.1, 0.15) is 63.5 Å². The quantitative estimate of drug-likeness (QED) is 0.471. The van der Waals surface area contributed by atoms with Gasteiger partial charge in [0.25, 0.3) is 0 Å². The SMILES string of the molecule is CC(C)C(C#N)(CCCCC(=O)N1CCC[C@@H]1C(=O)NCc1cc(F)cc(F)c1)c1ccccc1. The molecule has 1 heterocycles. The number of unbranched alkanes of at least 4 members (excludes halogenated alkanes) is 1. The molecule has 0 spiro atoms. The van der Waals surface area contributed by atoms with Crippen molar-refractivity contribution in [2.24, 2.45) is 5.92 Å². The van der Waals surface area contributed by atoms with Crippen LogP contribution in [-0.4, -0.2) is 29.3 Å². The summed E-state index contributed by atoms with van der Waals surface area (Å²) >= 11 is 0. The number of carbonyl (C=O) groups excluding carboxylic acids is 2. The smallest absolute Gasteiger partial charge is 0.243 e. The fourth-order valence-electron chi connectivity index (χ4n) is 4.93. The lowest BCUT2D eigenvalue weighted by atomic mass is 9.69. The van der Waals surface area contributed by atoms with E-state index in [0.29, 0.717) is 37.8 Å². The Morgan fingerprint density at radius 3 is 2.46 bits per heavy atom. The summed E-state index contributed by atoms with van der Waals surface area (Å²) in [6.07, 6.45) is 3.63. The van der Waals surface area contributed by atoms with Crippen LogP contribution in [0.25, 0.3) is 0 Å². The van der Waals surface area contributed by atoms with Crippen molar-refractivity contribution in [2.45, 2.75) is 70.4 Å². The minimum Gasteiger partial charge on any atom is -0.350 e. The summed E-state index contributed by atoms with van der Waals surface area (Å²) in [4.78, 5) is 27.2. The molecule has 0 bridgehead atoms. The molecule has 1 aliphatic rings. The number of halogens is 2. The molecule has 2 atom stereocenters. The van der Waals surface area contributed by atoms with Gasteiger partial charge in [-0.15, -0.1) is 0 Å². The van der Waals surface area contributed by atoms with Crippen molar-refractivity contribution in [3.63, 3.8) is 0 Å². The van der Waals surface area contributed by atoms with Crippen LogP contribution in [0.4, 0.5) is 8.78 Å². The van der Waals surface area contributed by atoms with Gasteiger partial charge in [-0.1, -0.05) is 50.6 Å². The van der Waals surface area contributed by atoms with Gasteiger partial charge in [0, 0.05) is 25.6 Å². The Morgan fingerprint density at radius 2 is 1.83 bits per heavy atom. The predicted molar refractivity (Wildman–Crippen MR) is 130 cm³/mol. The van der Waals surface area contributed by atoms with E-state index in [1.54, 1.807) is 4.90 Å². The molecule has 7 heteroatoms. The van der Waals surface area contributed by atoms with E-state index >= 15 is 0 Å². The van der Waals surface area contributed by atoms with Gasteiger partial charge in [0.05, 0.1) is 11.5 Å². The average Bonchev–Trinajstić information content (AvgIpc) is 3.33. The van der Waals surface area contributed by atoms with E-state index in [9.17, 15) is 23.6 Å². The molecule has 3 rings (SSSR count). The molecule has 0 saturated carbocycles. The monoisotopic (exact) mass is 481 g/mol. The second-order valence-electron chi connectivity index (χ2n) is 9.55. The minimum atomic E-state index is -0.697. The molecular weight excluding hydrogens is 448 g/mol. The molecule has 1 fully saturated rings. The third-order valence-corrected chi connectivity index (χ3v) is 6.95. The van der Waals surface area contributed by atoms with E-state index in [2.05, 4.69) is 11.4 Å². The van der Waals surface area contributed by atoms with Gasteiger partial charge in [0.1, 0.15) is 17.7 Å². The van der Waals surface area contributed by atoms with Crippen molar-refractivity contribution >= 4 is 11.8 Å². The molecule has 1 unspecified atom stereocenters. The second-order valence-corrected chi connectivity index (χ2v) is 9.55. The highest BCUT2D eigenvalue weighted by molar-refractivity contribution is 5.88. The van der Waals surface area contributed by atoms with Gasteiger partial charge in [-0.05, 0) is 54.9 Å². The van der Waals surface area contributed by atoms with Gasteiger partial charge in [-0.25, -0.2) is 8.78 Å². The maximum Gasteiger partial charge on any atom is 0.243 e. The predicted octanol–water partition coefficient (Wildman–Crippen LogP) is 5.25. The van der Waals surface area contributed by atoms with Crippen LogP contribution in [0.5, 0.6) is 0 Å². The van der Waals surface area contributed by atoms with E-state index in [4.69, 9.17) is 0 Å². The van der Waals surface area contributed by atoms with Crippen molar-refractivity contribution in [1.82, 2.24) is 10.2 Å². The molecule has 1 N–H and O–H groups in total. The number of hydrogen-bond donors (Lipinski definition) is 1. The van der Waals surface area contributed by atoms with Crippen molar-refractivity contribution in [3.8, 4) is 6.07 Å². The van der Waals surface area contributed by atoms with Gasteiger partial charge < -0.3 is 10.2 Å². The standard InChI is InChI=1S/C28H33F2N3O2/c1-20(2)28(19-31,22-9-4-3-5-10-22)13-7-6-12-26(34)33-14-8-11-25(33)27(35)32-18-21-15-23(29)17-24(30)16-21/h3-5,9-10,15-17,20,25H,6-8,11-14,18H2,1-2H3,(H,32,35)/t25-,28?/m1/s1. The van der Waals surface area contributed by atoms with Crippen LogP contribution in [0.15, 0.2) is 48.5 Å². The number of nitrogens with one attached hydrogen (secondary N) is 1. The fourth-order valence-corrected chi connectivity index (χ4v) is 4.93. The summed E-state index contributed by atoms with van der Waals surface area (Å²) in [5.41, 5.74) is 0.728. The van der Waals surface area contributed by atoms with E-state index in [1.165, 1.54) is 12.1 Å². The fraction of sp³-hybridized carbons (Fsp3) is 0.464. The summed E-state index contributed by atoms with van der Waals surface area (Å²) in [5, 5.41) is 12.7. The first kappa shape index (κ1) is 26.3. The van der Waals surface area contributed by atoms with Crippen molar-refractivity contribution in [3.05, 3.63) is 71.3 Å². The zero-order valence-electron chi connectivity index (χ0n) is 20.4. The lowest BCUT2D eigenvalue weighted by Gasteiger charge is -2.31. The zero-order valence-corrected chi connectivity index (χ0v) is 20.4. The first-order chi connectivity index (χ1) is 16.8. The zero-order chi connectivity index (χ0) is 25.4.